The van der Waals surface area contributed by atoms with Gasteiger partial charge in [0, 0.05) is 18.0 Å². The summed E-state index contributed by atoms with van der Waals surface area (Å²) in [5, 5.41) is 0. The van der Waals surface area contributed by atoms with Crippen molar-refractivity contribution in [2.45, 2.75) is 6.92 Å². The fourth-order valence-electron chi connectivity index (χ4n) is 0.816. The normalized spacial score (nSPS) is 10.3. The van der Waals surface area contributed by atoms with Crippen molar-refractivity contribution in [1.82, 2.24) is 4.98 Å². The topological polar surface area (TPSA) is 25.2 Å². The van der Waals surface area contributed by atoms with Crippen LogP contribution in [0.4, 0.5) is 5.69 Å². The molecule has 1 rings (SSSR count). The van der Waals surface area contributed by atoms with E-state index in [1.165, 1.54) is 0 Å². The van der Waals surface area contributed by atoms with Gasteiger partial charge in [-0.1, -0.05) is 12.7 Å². The Bertz CT molecular complexity index is 277. The van der Waals surface area contributed by atoms with Crippen LogP contribution in [0.2, 0.25) is 0 Å². The third-order valence-electron chi connectivity index (χ3n) is 1.32. The van der Waals surface area contributed by atoms with Crippen LogP contribution in [0, 0.1) is 0 Å². The number of nitrogens with zero attached hydrogens (tertiary/aromatic N) is 2. The summed E-state index contributed by atoms with van der Waals surface area (Å²) in [7, 11) is 0. The lowest BCUT2D eigenvalue weighted by atomic mass is 10.2. The first-order valence-electron chi connectivity index (χ1n) is 3.43. The summed E-state index contributed by atoms with van der Waals surface area (Å²) in [6.07, 6.45) is 6.96. The summed E-state index contributed by atoms with van der Waals surface area (Å²) in [4.78, 5) is 8.07. The molecule has 0 N–H and O–H groups in total. The predicted octanol–water partition coefficient (Wildman–Crippen LogP) is 2.45. The van der Waals surface area contributed by atoms with Crippen LogP contribution >= 0.6 is 0 Å². The number of aromatic nitrogens is 1. The molecule has 0 unspecified atom stereocenters. The van der Waals surface area contributed by atoms with E-state index in [4.69, 9.17) is 0 Å². The highest BCUT2D eigenvalue weighted by molar-refractivity contribution is 5.67. The van der Waals surface area contributed by atoms with Gasteiger partial charge in [-0.2, -0.15) is 0 Å². The Hall–Kier alpha value is -1.44. The Labute approximate surface area is 66.3 Å². The van der Waals surface area contributed by atoms with Gasteiger partial charge < -0.3 is 0 Å². The molecule has 0 aromatic carbocycles. The van der Waals surface area contributed by atoms with Crippen LogP contribution in [0.3, 0.4) is 0 Å². The molecular formula is C9H10N2. The lowest BCUT2D eigenvalue weighted by molar-refractivity contribution is 1.30. The number of pyridine rings is 1. The summed E-state index contributed by atoms with van der Waals surface area (Å²) in [6, 6.07) is 1.88. The molecule has 0 spiro atoms. The zero-order valence-corrected chi connectivity index (χ0v) is 6.49. The first-order chi connectivity index (χ1) is 5.38. The van der Waals surface area contributed by atoms with Crippen molar-refractivity contribution in [3.8, 4) is 0 Å². The minimum absolute atomic E-state index is 0.866. The van der Waals surface area contributed by atoms with Crippen molar-refractivity contribution in [3.05, 3.63) is 30.6 Å². The number of hydrogen-bond acceptors (Lipinski definition) is 2. The highest BCUT2D eigenvalue weighted by Gasteiger charge is 1.92. The van der Waals surface area contributed by atoms with Gasteiger partial charge in [-0.3, -0.25) is 9.98 Å². The molecule has 0 atom stereocenters. The Morgan fingerprint density at radius 2 is 2.45 bits per heavy atom. The molecule has 0 saturated heterocycles. The standard InChI is InChI=1S/C9H10N2/c1-3-8-5-6-10-7-9(8)11-4-2/h3-7H,1H2,2H3. The fourth-order valence-corrected chi connectivity index (χ4v) is 0.816. The molecule has 0 bridgehead atoms. The van der Waals surface area contributed by atoms with Crippen LogP contribution in [0.1, 0.15) is 12.5 Å². The molecule has 1 heterocycles. The first kappa shape index (κ1) is 7.66. The molecule has 11 heavy (non-hydrogen) atoms. The molecule has 0 aliphatic rings. The molecule has 1 aromatic heterocycles. The molecule has 0 aliphatic heterocycles. The van der Waals surface area contributed by atoms with Gasteiger partial charge in [-0.05, 0) is 13.0 Å². The third kappa shape index (κ3) is 1.74. The monoisotopic (exact) mass is 146 g/mol. The fraction of sp³-hybridized carbons (Fsp3) is 0.111. The van der Waals surface area contributed by atoms with E-state index >= 15 is 0 Å². The van der Waals surface area contributed by atoms with Gasteiger partial charge in [0.2, 0.25) is 0 Å². The zero-order chi connectivity index (χ0) is 8.10. The van der Waals surface area contributed by atoms with Crippen LogP contribution in [-0.2, 0) is 0 Å². The van der Waals surface area contributed by atoms with Crippen molar-refractivity contribution in [2.24, 2.45) is 4.99 Å². The maximum absolute atomic E-state index is 4.12. The molecule has 2 nitrogen and oxygen atoms in total. The van der Waals surface area contributed by atoms with E-state index in [0.29, 0.717) is 0 Å². The van der Waals surface area contributed by atoms with Gasteiger partial charge in [0.1, 0.15) is 0 Å². The highest BCUT2D eigenvalue weighted by Crippen LogP contribution is 2.16. The number of hydrogen-bond donors (Lipinski definition) is 0. The Morgan fingerprint density at radius 3 is 3.09 bits per heavy atom. The highest BCUT2D eigenvalue weighted by atomic mass is 14.8. The van der Waals surface area contributed by atoms with Crippen molar-refractivity contribution >= 4 is 18.0 Å². The van der Waals surface area contributed by atoms with E-state index < -0.39 is 0 Å². The van der Waals surface area contributed by atoms with E-state index in [0.717, 1.165) is 11.3 Å². The largest absolute Gasteiger partial charge is 0.262 e. The predicted molar refractivity (Wildman–Crippen MR) is 48.2 cm³/mol. The van der Waals surface area contributed by atoms with E-state index in [1.807, 2.05) is 13.0 Å². The quantitative estimate of drug-likeness (QED) is 0.588. The van der Waals surface area contributed by atoms with Gasteiger partial charge in [-0.15, -0.1) is 0 Å². The SMILES string of the molecule is C=Cc1ccncc1N=CC. The molecule has 2 heteroatoms. The molecule has 0 aliphatic carbocycles. The summed E-state index contributed by atoms with van der Waals surface area (Å²) in [5.41, 5.74) is 1.88. The summed E-state index contributed by atoms with van der Waals surface area (Å²) >= 11 is 0. The minimum atomic E-state index is 0.866. The average molecular weight is 146 g/mol. The summed E-state index contributed by atoms with van der Waals surface area (Å²) < 4.78 is 0. The Morgan fingerprint density at radius 1 is 1.64 bits per heavy atom. The van der Waals surface area contributed by atoms with Crippen LogP contribution in [0.5, 0.6) is 0 Å². The number of aliphatic imine (C=N–C) groups is 1. The molecular weight excluding hydrogens is 136 g/mol. The zero-order valence-electron chi connectivity index (χ0n) is 6.49. The van der Waals surface area contributed by atoms with Crippen molar-refractivity contribution in [1.29, 1.82) is 0 Å². The van der Waals surface area contributed by atoms with Gasteiger partial charge >= 0.3 is 0 Å². The molecule has 0 saturated carbocycles. The van der Waals surface area contributed by atoms with Gasteiger partial charge in [-0.25, -0.2) is 0 Å². The van der Waals surface area contributed by atoms with Crippen LogP contribution < -0.4 is 0 Å². The molecule has 0 radical (unpaired) electrons. The van der Waals surface area contributed by atoms with Crippen LogP contribution in [-0.4, -0.2) is 11.2 Å². The molecule has 0 amide bonds. The van der Waals surface area contributed by atoms with Crippen molar-refractivity contribution in [3.63, 3.8) is 0 Å². The van der Waals surface area contributed by atoms with Crippen molar-refractivity contribution < 1.29 is 0 Å². The third-order valence-corrected chi connectivity index (χ3v) is 1.32. The summed E-state index contributed by atoms with van der Waals surface area (Å²) in [5.74, 6) is 0. The van der Waals surface area contributed by atoms with E-state index in [2.05, 4.69) is 16.6 Å². The second-order valence-corrected chi connectivity index (χ2v) is 2.03. The van der Waals surface area contributed by atoms with Gasteiger partial charge in [0.15, 0.2) is 0 Å². The lowest BCUT2D eigenvalue weighted by Crippen LogP contribution is -1.76. The number of rotatable bonds is 2. The first-order valence-corrected chi connectivity index (χ1v) is 3.43. The molecule has 56 valence electrons. The van der Waals surface area contributed by atoms with Crippen molar-refractivity contribution in [2.75, 3.05) is 0 Å². The maximum Gasteiger partial charge on any atom is 0.0880 e. The molecule has 1 aromatic rings. The van der Waals surface area contributed by atoms with E-state index in [1.54, 1.807) is 24.7 Å². The Balaban J connectivity index is 3.11. The molecule has 0 fully saturated rings. The maximum atomic E-state index is 4.12. The van der Waals surface area contributed by atoms with E-state index in [-0.39, 0.29) is 0 Å². The second-order valence-electron chi connectivity index (χ2n) is 2.03. The van der Waals surface area contributed by atoms with Crippen LogP contribution in [0.25, 0.3) is 6.08 Å². The lowest BCUT2D eigenvalue weighted by Gasteiger charge is -1.96. The second kappa shape index (κ2) is 3.66. The summed E-state index contributed by atoms with van der Waals surface area (Å²) in [6.45, 7) is 5.55. The smallest absolute Gasteiger partial charge is 0.0880 e. The minimum Gasteiger partial charge on any atom is -0.262 e. The average Bonchev–Trinajstić information content (AvgIpc) is 2.06. The Kier molecular flexibility index (Phi) is 2.55. The van der Waals surface area contributed by atoms with Gasteiger partial charge in [0.25, 0.3) is 0 Å². The van der Waals surface area contributed by atoms with E-state index in [9.17, 15) is 0 Å². The van der Waals surface area contributed by atoms with Crippen LogP contribution in [0.15, 0.2) is 30.0 Å². The van der Waals surface area contributed by atoms with Gasteiger partial charge in [0.05, 0.1) is 11.9 Å².